The maximum atomic E-state index is 12.7. The Labute approximate surface area is 126 Å². The number of nitrogens with two attached hydrogens (primary N) is 1. The third-order valence-corrected chi connectivity index (χ3v) is 3.84. The highest BCUT2D eigenvalue weighted by Gasteiger charge is 2.27. The molecule has 1 unspecified atom stereocenters. The van der Waals surface area contributed by atoms with Gasteiger partial charge in [-0.25, -0.2) is 0 Å². The molecule has 1 saturated heterocycles. The Kier molecular flexibility index (Phi) is 5.32. The summed E-state index contributed by atoms with van der Waals surface area (Å²) in [7, 11) is 0. The molecule has 1 aromatic heterocycles. The number of hydrogen-bond acceptors (Lipinski definition) is 4. The molecule has 0 aliphatic carbocycles. The molecule has 0 saturated carbocycles. The van der Waals surface area contributed by atoms with Crippen molar-refractivity contribution in [2.75, 3.05) is 32.7 Å². The molecule has 0 aromatic carbocycles. The molecule has 1 aliphatic rings. The second-order valence-corrected chi connectivity index (χ2v) is 5.16. The molecular weight excluding hydrogens is 264 g/mol. The Balaban J connectivity index is 2.17. The standard InChI is InChI=1S/C16H22N4O/c1-3-19-9-10-20(12-13(19)2)16(21)15-6-8-18-11-14(15)5-4-7-17/h6,8,11,13H,3,7,9-10,12,17H2,1-2H3. The summed E-state index contributed by atoms with van der Waals surface area (Å²) >= 11 is 0. The van der Waals surface area contributed by atoms with Crippen LogP contribution in [-0.2, 0) is 0 Å². The minimum absolute atomic E-state index is 0.0290. The van der Waals surface area contributed by atoms with E-state index in [4.69, 9.17) is 5.73 Å². The number of hydrogen-bond donors (Lipinski definition) is 1. The van der Waals surface area contributed by atoms with Gasteiger partial charge in [-0.3, -0.25) is 14.7 Å². The van der Waals surface area contributed by atoms with Gasteiger partial charge in [-0.15, -0.1) is 0 Å². The van der Waals surface area contributed by atoms with Crippen LogP contribution >= 0.6 is 0 Å². The molecule has 2 heterocycles. The first kappa shape index (κ1) is 15.5. The highest BCUT2D eigenvalue weighted by atomic mass is 16.2. The van der Waals surface area contributed by atoms with Crippen molar-refractivity contribution in [3.05, 3.63) is 29.6 Å². The summed E-state index contributed by atoms with van der Waals surface area (Å²) in [6.45, 7) is 8.02. The Morgan fingerprint density at radius 2 is 2.33 bits per heavy atom. The predicted octanol–water partition coefficient (Wildman–Crippen LogP) is 0.558. The fraction of sp³-hybridized carbons (Fsp3) is 0.500. The van der Waals surface area contributed by atoms with Gasteiger partial charge in [0.15, 0.2) is 0 Å². The van der Waals surface area contributed by atoms with Gasteiger partial charge in [0.2, 0.25) is 0 Å². The summed E-state index contributed by atoms with van der Waals surface area (Å²) in [5, 5.41) is 0. The lowest BCUT2D eigenvalue weighted by Gasteiger charge is -2.39. The maximum absolute atomic E-state index is 12.7. The zero-order valence-corrected chi connectivity index (χ0v) is 12.7. The van der Waals surface area contributed by atoms with E-state index in [0.717, 1.165) is 26.2 Å². The lowest BCUT2D eigenvalue weighted by Crippen LogP contribution is -2.53. The van der Waals surface area contributed by atoms with E-state index in [9.17, 15) is 4.79 Å². The minimum Gasteiger partial charge on any atom is -0.336 e. The largest absolute Gasteiger partial charge is 0.336 e. The quantitative estimate of drug-likeness (QED) is 0.807. The number of likely N-dealkylation sites (N-methyl/N-ethyl adjacent to an activating group) is 1. The highest BCUT2D eigenvalue weighted by Crippen LogP contribution is 2.15. The average Bonchev–Trinajstić information content (AvgIpc) is 2.52. The topological polar surface area (TPSA) is 62.5 Å². The smallest absolute Gasteiger partial charge is 0.255 e. The summed E-state index contributed by atoms with van der Waals surface area (Å²) in [6.07, 6.45) is 3.26. The van der Waals surface area contributed by atoms with Crippen molar-refractivity contribution in [2.45, 2.75) is 19.9 Å². The summed E-state index contributed by atoms with van der Waals surface area (Å²) in [4.78, 5) is 21.0. The van der Waals surface area contributed by atoms with Crippen molar-refractivity contribution in [2.24, 2.45) is 5.73 Å². The van der Waals surface area contributed by atoms with Gasteiger partial charge in [-0.05, 0) is 19.5 Å². The first-order chi connectivity index (χ1) is 10.2. The molecule has 5 heteroatoms. The third kappa shape index (κ3) is 3.60. The average molecular weight is 286 g/mol. The van der Waals surface area contributed by atoms with Crippen molar-refractivity contribution >= 4 is 5.91 Å². The molecule has 0 bridgehead atoms. The van der Waals surface area contributed by atoms with Gasteiger partial charge in [0.1, 0.15) is 0 Å². The van der Waals surface area contributed by atoms with Gasteiger partial charge in [0.25, 0.3) is 5.91 Å². The number of carbonyl (C=O) groups is 1. The van der Waals surface area contributed by atoms with Gasteiger partial charge in [0.05, 0.1) is 17.7 Å². The molecule has 21 heavy (non-hydrogen) atoms. The number of carbonyl (C=O) groups excluding carboxylic acids is 1. The van der Waals surface area contributed by atoms with Crippen LogP contribution in [0.3, 0.4) is 0 Å². The monoisotopic (exact) mass is 286 g/mol. The van der Waals surface area contributed by atoms with Crippen LogP contribution in [0.1, 0.15) is 29.8 Å². The first-order valence-corrected chi connectivity index (χ1v) is 7.33. The summed E-state index contributed by atoms with van der Waals surface area (Å²) in [5.74, 6) is 5.74. The molecular formula is C16H22N4O. The normalized spacial score (nSPS) is 19.0. The molecule has 5 nitrogen and oxygen atoms in total. The second kappa shape index (κ2) is 7.21. The van der Waals surface area contributed by atoms with E-state index in [0.29, 0.717) is 17.2 Å². The van der Waals surface area contributed by atoms with E-state index in [2.05, 4.69) is 35.6 Å². The molecule has 0 spiro atoms. The zero-order valence-electron chi connectivity index (χ0n) is 12.7. The van der Waals surface area contributed by atoms with Crippen LogP contribution in [0.15, 0.2) is 18.5 Å². The van der Waals surface area contributed by atoms with Crippen LogP contribution in [-0.4, -0.2) is 59.5 Å². The fourth-order valence-electron chi connectivity index (χ4n) is 2.65. The molecule has 112 valence electrons. The van der Waals surface area contributed by atoms with Crippen molar-refractivity contribution in [1.29, 1.82) is 0 Å². The molecule has 1 fully saturated rings. The van der Waals surface area contributed by atoms with Crippen molar-refractivity contribution in [3.63, 3.8) is 0 Å². The van der Waals surface area contributed by atoms with Gasteiger partial charge >= 0.3 is 0 Å². The summed E-state index contributed by atoms with van der Waals surface area (Å²) in [5.41, 5.74) is 6.66. The van der Waals surface area contributed by atoms with Gasteiger partial charge < -0.3 is 10.6 Å². The van der Waals surface area contributed by atoms with E-state index in [-0.39, 0.29) is 12.5 Å². The van der Waals surface area contributed by atoms with Crippen molar-refractivity contribution in [1.82, 2.24) is 14.8 Å². The Morgan fingerprint density at radius 1 is 1.52 bits per heavy atom. The van der Waals surface area contributed by atoms with Gasteiger partial charge in [-0.1, -0.05) is 18.8 Å². The predicted molar refractivity (Wildman–Crippen MR) is 82.8 cm³/mol. The van der Waals surface area contributed by atoms with E-state index >= 15 is 0 Å². The van der Waals surface area contributed by atoms with Gasteiger partial charge in [-0.2, -0.15) is 0 Å². The molecule has 1 aliphatic heterocycles. The van der Waals surface area contributed by atoms with E-state index in [1.165, 1.54) is 0 Å². The van der Waals surface area contributed by atoms with Crippen LogP contribution < -0.4 is 5.73 Å². The number of amides is 1. The Morgan fingerprint density at radius 3 is 3.00 bits per heavy atom. The first-order valence-electron chi connectivity index (χ1n) is 7.33. The second-order valence-electron chi connectivity index (χ2n) is 5.16. The number of nitrogens with zero attached hydrogens (tertiary/aromatic N) is 3. The van der Waals surface area contributed by atoms with Gasteiger partial charge in [0, 0.05) is 38.1 Å². The molecule has 2 rings (SSSR count). The van der Waals surface area contributed by atoms with Crippen molar-refractivity contribution in [3.8, 4) is 11.8 Å². The lowest BCUT2D eigenvalue weighted by atomic mass is 10.1. The van der Waals surface area contributed by atoms with E-state index < -0.39 is 0 Å². The summed E-state index contributed by atoms with van der Waals surface area (Å²) in [6, 6.07) is 2.12. The van der Waals surface area contributed by atoms with Crippen LogP contribution in [0.4, 0.5) is 0 Å². The zero-order chi connectivity index (χ0) is 15.2. The number of piperazine rings is 1. The third-order valence-electron chi connectivity index (χ3n) is 3.84. The molecule has 1 atom stereocenters. The number of pyridine rings is 1. The lowest BCUT2D eigenvalue weighted by molar-refractivity contribution is 0.0528. The number of rotatable bonds is 2. The number of aromatic nitrogens is 1. The van der Waals surface area contributed by atoms with Crippen LogP contribution in [0, 0.1) is 11.8 Å². The fourth-order valence-corrected chi connectivity index (χ4v) is 2.65. The molecule has 0 radical (unpaired) electrons. The molecule has 2 N–H and O–H groups in total. The molecule has 1 amide bonds. The Hall–Kier alpha value is -1.90. The van der Waals surface area contributed by atoms with Crippen LogP contribution in [0.2, 0.25) is 0 Å². The van der Waals surface area contributed by atoms with Crippen molar-refractivity contribution < 1.29 is 4.79 Å². The van der Waals surface area contributed by atoms with E-state index in [1.54, 1.807) is 18.5 Å². The summed E-state index contributed by atoms with van der Waals surface area (Å²) < 4.78 is 0. The SMILES string of the molecule is CCN1CCN(C(=O)c2ccncc2C#CCN)CC1C. The highest BCUT2D eigenvalue weighted by molar-refractivity contribution is 5.96. The molecule has 1 aromatic rings. The maximum Gasteiger partial charge on any atom is 0.255 e. The van der Waals surface area contributed by atoms with E-state index in [1.807, 2.05) is 4.90 Å². The van der Waals surface area contributed by atoms with Crippen LogP contribution in [0.5, 0.6) is 0 Å². The van der Waals surface area contributed by atoms with Crippen LogP contribution in [0.25, 0.3) is 0 Å². The Bertz CT molecular complexity index is 561. The minimum atomic E-state index is 0.0290.